The van der Waals surface area contributed by atoms with Gasteiger partial charge in [-0.05, 0) is 23.6 Å². The number of rotatable bonds is 6. The van der Waals surface area contributed by atoms with Crippen molar-refractivity contribution < 1.29 is 22.7 Å². The van der Waals surface area contributed by atoms with E-state index in [9.17, 15) is 18.0 Å². The Morgan fingerprint density at radius 3 is 2.54 bits per heavy atom. The molecule has 2 amide bonds. The minimum atomic E-state index is -3.99. The van der Waals surface area contributed by atoms with Crippen LogP contribution in [-0.2, 0) is 14.8 Å². The first kappa shape index (κ1) is 17.9. The molecule has 2 rings (SSSR count). The molecule has 1 aromatic carbocycles. The summed E-state index contributed by atoms with van der Waals surface area (Å²) in [4.78, 5) is 25.1. The lowest BCUT2D eigenvalue weighted by molar-refractivity contribution is -0.114. The van der Waals surface area contributed by atoms with Crippen LogP contribution in [0.5, 0.6) is 5.75 Å². The van der Waals surface area contributed by atoms with Gasteiger partial charge < -0.3 is 10.1 Å². The summed E-state index contributed by atoms with van der Waals surface area (Å²) in [5.41, 5.74) is 2.47. The largest absolute Gasteiger partial charge is 0.495 e. The highest BCUT2D eigenvalue weighted by Crippen LogP contribution is 2.27. The van der Waals surface area contributed by atoms with E-state index < -0.39 is 15.9 Å². The van der Waals surface area contributed by atoms with E-state index in [1.54, 1.807) is 17.5 Å². The molecular formula is C14H15N3O5S2. The second-order valence-corrected chi connectivity index (χ2v) is 7.21. The summed E-state index contributed by atoms with van der Waals surface area (Å²) in [6.45, 7) is 1.33. The third kappa shape index (κ3) is 4.31. The molecule has 3 N–H and O–H groups in total. The minimum Gasteiger partial charge on any atom is -0.495 e. The van der Waals surface area contributed by atoms with Crippen LogP contribution in [0.4, 0.5) is 5.69 Å². The maximum absolute atomic E-state index is 12.2. The van der Waals surface area contributed by atoms with Crippen LogP contribution in [0.15, 0.2) is 40.6 Å². The van der Waals surface area contributed by atoms with Crippen molar-refractivity contribution in [1.82, 2.24) is 10.3 Å². The number of amides is 2. The molecule has 1 heterocycles. The number of methoxy groups -OCH3 is 1. The first-order valence-electron chi connectivity index (χ1n) is 6.65. The molecule has 0 aliphatic heterocycles. The highest BCUT2D eigenvalue weighted by Gasteiger charge is 2.18. The molecule has 2 aromatic rings. The Balaban J connectivity index is 2.16. The van der Waals surface area contributed by atoms with Gasteiger partial charge in [0, 0.05) is 13.0 Å². The van der Waals surface area contributed by atoms with Gasteiger partial charge in [0.15, 0.2) is 0 Å². The van der Waals surface area contributed by atoms with Crippen molar-refractivity contribution in [3.8, 4) is 5.75 Å². The van der Waals surface area contributed by atoms with E-state index in [0.717, 1.165) is 0 Å². The lowest BCUT2D eigenvalue weighted by atomic mass is 10.3. The van der Waals surface area contributed by atoms with Crippen molar-refractivity contribution in [2.24, 2.45) is 0 Å². The maximum Gasteiger partial charge on any atom is 0.276 e. The van der Waals surface area contributed by atoms with Crippen molar-refractivity contribution in [2.75, 3.05) is 12.4 Å². The minimum absolute atomic E-state index is 0.125. The molecule has 0 spiro atoms. The average molecular weight is 369 g/mol. The van der Waals surface area contributed by atoms with Crippen LogP contribution in [0.2, 0.25) is 0 Å². The molecule has 0 bridgehead atoms. The molecular weight excluding hydrogens is 354 g/mol. The average Bonchev–Trinajstić information content (AvgIpc) is 3.07. The first-order valence-corrected chi connectivity index (χ1v) is 9.01. The molecule has 8 nitrogen and oxygen atoms in total. The van der Waals surface area contributed by atoms with Crippen LogP contribution in [0.1, 0.15) is 16.6 Å². The first-order chi connectivity index (χ1) is 11.3. The normalized spacial score (nSPS) is 10.9. The number of carbonyl (C=O) groups excluding carboxylic acids is 2. The van der Waals surface area contributed by atoms with Crippen LogP contribution >= 0.6 is 11.3 Å². The number of benzene rings is 1. The van der Waals surface area contributed by atoms with Crippen molar-refractivity contribution in [3.63, 3.8) is 0 Å². The molecule has 0 aliphatic rings. The van der Waals surface area contributed by atoms with Gasteiger partial charge in [-0.2, -0.15) is 0 Å². The van der Waals surface area contributed by atoms with Crippen LogP contribution in [-0.4, -0.2) is 27.3 Å². The van der Waals surface area contributed by atoms with E-state index in [0.29, 0.717) is 10.6 Å². The monoisotopic (exact) mass is 369 g/mol. The predicted molar refractivity (Wildman–Crippen MR) is 89.4 cm³/mol. The van der Waals surface area contributed by atoms with Crippen LogP contribution in [0, 0.1) is 0 Å². The molecule has 128 valence electrons. The van der Waals surface area contributed by atoms with Gasteiger partial charge in [-0.1, -0.05) is 6.07 Å². The number of sulfonamides is 1. The zero-order chi connectivity index (χ0) is 17.7. The molecule has 0 atom stereocenters. The summed E-state index contributed by atoms with van der Waals surface area (Å²) < 4.78 is 29.6. The fraction of sp³-hybridized carbons (Fsp3) is 0.143. The molecule has 0 unspecified atom stereocenters. The Morgan fingerprint density at radius 2 is 1.96 bits per heavy atom. The standard InChI is InChI=1S/C14H15N3O5S2/c1-9(18)15-11-6-5-10(8-12(11)22-2)24(20,21)17-16-14(19)13-4-3-7-23-13/h3-8,17H,1-2H3,(H,15,18)(H,16,19). The number of ether oxygens (including phenoxy) is 1. The molecule has 0 saturated heterocycles. The summed E-state index contributed by atoms with van der Waals surface area (Å²) in [7, 11) is -2.64. The Morgan fingerprint density at radius 1 is 1.21 bits per heavy atom. The molecule has 0 fully saturated rings. The molecule has 0 radical (unpaired) electrons. The number of hydrogen-bond donors (Lipinski definition) is 3. The second kappa shape index (κ2) is 7.43. The highest BCUT2D eigenvalue weighted by molar-refractivity contribution is 7.89. The predicted octanol–water partition coefficient (Wildman–Crippen LogP) is 1.34. The van der Waals surface area contributed by atoms with E-state index in [1.807, 2.05) is 4.83 Å². The zero-order valence-corrected chi connectivity index (χ0v) is 14.5. The van der Waals surface area contributed by atoms with Crippen LogP contribution < -0.4 is 20.3 Å². The van der Waals surface area contributed by atoms with Gasteiger partial charge >= 0.3 is 0 Å². The lowest BCUT2D eigenvalue weighted by Crippen LogP contribution is -2.41. The summed E-state index contributed by atoms with van der Waals surface area (Å²) in [6.07, 6.45) is 0. The van der Waals surface area contributed by atoms with E-state index in [2.05, 4.69) is 10.7 Å². The van der Waals surface area contributed by atoms with E-state index in [4.69, 9.17) is 4.74 Å². The van der Waals surface area contributed by atoms with Crippen molar-refractivity contribution in [1.29, 1.82) is 0 Å². The second-order valence-electron chi connectivity index (χ2n) is 4.58. The van der Waals surface area contributed by atoms with Crippen LogP contribution in [0.3, 0.4) is 0 Å². The number of carbonyl (C=O) groups is 2. The number of thiophene rings is 1. The summed E-state index contributed by atoms with van der Waals surface area (Å²) >= 11 is 1.18. The van der Waals surface area contributed by atoms with E-state index >= 15 is 0 Å². The molecule has 0 saturated carbocycles. The smallest absolute Gasteiger partial charge is 0.276 e. The van der Waals surface area contributed by atoms with Crippen molar-refractivity contribution in [2.45, 2.75) is 11.8 Å². The Kier molecular flexibility index (Phi) is 5.54. The van der Waals surface area contributed by atoms with Gasteiger partial charge in [-0.3, -0.25) is 15.0 Å². The van der Waals surface area contributed by atoms with Gasteiger partial charge in [0.1, 0.15) is 5.75 Å². The van der Waals surface area contributed by atoms with Gasteiger partial charge in [0.25, 0.3) is 15.9 Å². The molecule has 1 aromatic heterocycles. The van der Waals surface area contributed by atoms with Crippen LogP contribution in [0.25, 0.3) is 0 Å². The van der Waals surface area contributed by atoms with Gasteiger partial charge in [-0.25, -0.2) is 8.42 Å². The third-order valence-corrected chi connectivity index (χ3v) is 4.95. The summed E-state index contributed by atoms with van der Waals surface area (Å²) in [5.74, 6) is -0.696. The van der Waals surface area contributed by atoms with Gasteiger partial charge in [0.05, 0.1) is 22.6 Å². The quantitative estimate of drug-likeness (QED) is 0.665. The number of anilines is 1. The summed E-state index contributed by atoms with van der Waals surface area (Å²) in [6, 6.07) is 7.17. The highest BCUT2D eigenvalue weighted by atomic mass is 32.2. The van der Waals surface area contributed by atoms with Crippen molar-refractivity contribution >= 4 is 38.9 Å². The topological polar surface area (TPSA) is 114 Å². The fourth-order valence-corrected chi connectivity index (χ4v) is 3.25. The Labute approximate surface area is 142 Å². The SMILES string of the molecule is COc1cc(S(=O)(=O)NNC(=O)c2cccs2)ccc1NC(C)=O. The summed E-state index contributed by atoms with van der Waals surface area (Å²) in [5, 5.41) is 4.23. The van der Waals surface area contributed by atoms with E-state index in [-0.39, 0.29) is 16.6 Å². The number of hydrazine groups is 1. The number of nitrogens with one attached hydrogen (secondary N) is 3. The Bertz CT molecular complexity index is 847. The van der Waals surface area contributed by atoms with Gasteiger partial charge in [-0.15, -0.1) is 16.2 Å². The van der Waals surface area contributed by atoms with Gasteiger partial charge in [0.2, 0.25) is 5.91 Å². The molecule has 24 heavy (non-hydrogen) atoms. The zero-order valence-electron chi connectivity index (χ0n) is 12.8. The molecule has 0 aliphatic carbocycles. The fourth-order valence-electron chi connectivity index (χ4n) is 1.77. The lowest BCUT2D eigenvalue weighted by Gasteiger charge is -2.12. The Hall–Kier alpha value is -2.43. The maximum atomic E-state index is 12.2. The van der Waals surface area contributed by atoms with Crippen molar-refractivity contribution in [3.05, 3.63) is 40.6 Å². The molecule has 10 heteroatoms. The van der Waals surface area contributed by atoms with E-state index in [1.165, 1.54) is 43.6 Å². The third-order valence-electron chi connectivity index (χ3n) is 2.84. The number of hydrogen-bond acceptors (Lipinski definition) is 6.